The van der Waals surface area contributed by atoms with Gasteiger partial charge < -0.3 is 10.2 Å². The second-order valence-electron chi connectivity index (χ2n) is 6.16. The number of piperazine rings is 1. The number of benzene rings is 1. The molecule has 1 aliphatic heterocycles. The minimum absolute atomic E-state index is 0.287. The first-order chi connectivity index (χ1) is 10.7. The van der Waals surface area contributed by atoms with E-state index in [4.69, 9.17) is 0 Å². The number of nitrogens with zero attached hydrogens (tertiary/aromatic N) is 2. The van der Waals surface area contributed by atoms with Crippen LogP contribution < -0.4 is 5.32 Å². The van der Waals surface area contributed by atoms with Crippen molar-refractivity contribution in [1.82, 2.24) is 15.1 Å². The normalized spacial score (nSPS) is 17.5. The van der Waals surface area contributed by atoms with Gasteiger partial charge in [-0.25, -0.2) is 0 Å². The van der Waals surface area contributed by atoms with Gasteiger partial charge in [-0.15, -0.1) is 0 Å². The summed E-state index contributed by atoms with van der Waals surface area (Å²) in [5, 5.41) is 3.39. The summed E-state index contributed by atoms with van der Waals surface area (Å²) < 4.78 is 0. The summed E-state index contributed by atoms with van der Waals surface area (Å²) >= 11 is 0. The highest BCUT2D eigenvalue weighted by atomic mass is 16.2. The Morgan fingerprint density at radius 2 is 1.86 bits per heavy atom. The van der Waals surface area contributed by atoms with Crippen LogP contribution in [0.2, 0.25) is 0 Å². The summed E-state index contributed by atoms with van der Waals surface area (Å²) in [6, 6.07) is 11.0. The van der Waals surface area contributed by atoms with Crippen molar-refractivity contribution in [3.63, 3.8) is 0 Å². The molecular formula is C18H29N3O. The average Bonchev–Trinajstić information content (AvgIpc) is 2.56. The molecule has 0 aromatic heterocycles. The Labute approximate surface area is 134 Å². The van der Waals surface area contributed by atoms with Crippen molar-refractivity contribution in [1.29, 1.82) is 0 Å². The van der Waals surface area contributed by atoms with Crippen LogP contribution in [0, 0.1) is 0 Å². The molecule has 0 spiro atoms. The van der Waals surface area contributed by atoms with E-state index in [2.05, 4.69) is 48.3 Å². The van der Waals surface area contributed by atoms with Crippen LogP contribution >= 0.6 is 0 Å². The molecule has 2 rings (SSSR count). The van der Waals surface area contributed by atoms with E-state index in [0.29, 0.717) is 12.5 Å². The highest BCUT2D eigenvalue weighted by molar-refractivity contribution is 5.76. The Morgan fingerprint density at radius 3 is 2.50 bits per heavy atom. The lowest BCUT2D eigenvalue weighted by Gasteiger charge is -2.35. The van der Waals surface area contributed by atoms with E-state index in [0.717, 1.165) is 45.7 Å². The van der Waals surface area contributed by atoms with Gasteiger partial charge in [-0.2, -0.15) is 0 Å². The minimum Gasteiger partial charge on any atom is -0.340 e. The number of amides is 1. The van der Waals surface area contributed by atoms with Gasteiger partial charge in [-0.3, -0.25) is 9.69 Å². The number of carbonyl (C=O) groups is 1. The fourth-order valence-electron chi connectivity index (χ4n) is 2.72. The molecule has 4 nitrogen and oxygen atoms in total. The van der Waals surface area contributed by atoms with E-state index in [-0.39, 0.29) is 5.91 Å². The standard InChI is InChI=1S/C18H29N3O/c1-3-16(2)19-10-9-18(22)21-13-11-20(12-14-21)15-17-7-5-4-6-8-17/h4-8,16,19H,3,9-15H2,1-2H3. The molecule has 22 heavy (non-hydrogen) atoms. The van der Waals surface area contributed by atoms with Gasteiger partial charge in [-0.05, 0) is 18.9 Å². The Bertz CT molecular complexity index is 441. The van der Waals surface area contributed by atoms with Crippen LogP contribution in [0.15, 0.2) is 30.3 Å². The van der Waals surface area contributed by atoms with Crippen molar-refractivity contribution < 1.29 is 4.79 Å². The zero-order valence-electron chi connectivity index (χ0n) is 13.9. The molecule has 1 atom stereocenters. The maximum Gasteiger partial charge on any atom is 0.223 e. The monoisotopic (exact) mass is 303 g/mol. The van der Waals surface area contributed by atoms with Crippen LogP contribution in [0.5, 0.6) is 0 Å². The molecule has 1 heterocycles. The molecule has 1 aromatic carbocycles. The van der Waals surface area contributed by atoms with E-state index in [1.807, 2.05) is 11.0 Å². The largest absolute Gasteiger partial charge is 0.340 e. The number of carbonyl (C=O) groups excluding carboxylic acids is 1. The molecule has 0 saturated carbocycles. The number of nitrogens with one attached hydrogen (secondary N) is 1. The first-order valence-electron chi connectivity index (χ1n) is 8.46. The Balaban J connectivity index is 1.67. The van der Waals surface area contributed by atoms with Gasteiger partial charge >= 0.3 is 0 Å². The van der Waals surface area contributed by atoms with Crippen molar-refractivity contribution in [3.8, 4) is 0 Å². The maximum absolute atomic E-state index is 12.2. The zero-order valence-corrected chi connectivity index (χ0v) is 13.9. The lowest BCUT2D eigenvalue weighted by atomic mass is 10.2. The first kappa shape index (κ1) is 17.0. The fourth-order valence-corrected chi connectivity index (χ4v) is 2.72. The molecule has 1 fully saturated rings. The van der Waals surface area contributed by atoms with Gasteiger partial charge in [0.15, 0.2) is 0 Å². The molecule has 1 aromatic rings. The molecular weight excluding hydrogens is 274 g/mol. The number of hydrogen-bond acceptors (Lipinski definition) is 3. The molecule has 4 heteroatoms. The van der Waals surface area contributed by atoms with E-state index >= 15 is 0 Å². The third-order valence-electron chi connectivity index (χ3n) is 4.42. The second kappa shape index (κ2) is 8.91. The maximum atomic E-state index is 12.2. The zero-order chi connectivity index (χ0) is 15.8. The minimum atomic E-state index is 0.287. The summed E-state index contributed by atoms with van der Waals surface area (Å²) in [4.78, 5) is 16.6. The lowest BCUT2D eigenvalue weighted by Crippen LogP contribution is -2.48. The molecule has 1 N–H and O–H groups in total. The van der Waals surface area contributed by atoms with Crippen molar-refractivity contribution in [2.45, 2.75) is 39.3 Å². The molecule has 0 bridgehead atoms. The van der Waals surface area contributed by atoms with Crippen molar-refractivity contribution in [2.75, 3.05) is 32.7 Å². The summed E-state index contributed by atoms with van der Waals surface area (Å²) in [7, 11) is 0. The summed E-state index contributed by atoms with van der Waals surface area (Å²) in [5.41, 5.74) is 1.35. The summed E-state index contributed by atoms with van der Waals surface area (Å²) in [6.45, 7) is 9.75. The first-order valence-corrected chi connectivity index (χ1v) is 8.46. The highest BCUT2D eigenvalue weighted by Crippen LogP contribution is 2.09. The SMILES string of the molecule is CCC(C)NCCC(=O)N1CCN(Cc2ccccc2)CC1. The smallest absolute Gasteiger partial charge is 0.223 e. The van der Waals surface area contributed by atoms with Crippen molar-refractivity contribution >= 4 is 5.91 Å². The molecule has 1 unspecified atom stereocenters. The van der Waals surface area contributed by atoms with Gasteiger partial charge in [-0.1, -0.05) is 37.3 Å². The average molecular weight is 303 g/mol. The van der Waals surface area contributed by atoms with Crippen LogP contribution in [0.3, 0.4) is 0 Å². The molecule has 1 aliphatic rings. The third kappa shape index (κ3) is 5.43. The van der Waals surface area contributed by atoms with Crippen LogP contribution in [0.25, 0.3) is 0 Å². The number of rotatable bonds is 7. The van der Waals surface area contributed by atoms with E-state index in [1.54, 1.807) is 0 Å². The van der Waals surface area contributed by atoms with Gasteiger partial charge in [0, 0.05) is 51.7 Å². The summed E-state index contributed by atoms with van der Waals surface area (Å²) in [6.07, 6.45) is 1.72. The predicted molar refractivity (Wildman–Crippen MR) is 90.7 cm³/mol. The van der Waals surface area contributed by atoms with Crippen LogP contribution in [0.4, 0.5) is 0 Å². The molecule has 122 valence electrons. The Kier molecular flexibility index (Phi) is 6.87. The third-order valence-corrected chi connectivity index (χ3v) is 4.42. The summed E-state index contributed by atoms with van der Waals surface area (Å²) in [5.74, 6) is 0.287. The Morgan fingerprint density at radius 1 is 1.18 bits per heavy atom. The van der Waals surface area contributed by atoms with E-state index < -0.39 is 0 Å². The number of hydrogen-bond donors (Lipinski definition) is 1. The molecule has 0 radical (unpaired) electrons. The van der Waals surface area contributed by atoms with Gasteiger partial charge in [0.05, 0.1) is 0 Å². The topological polar surface area (TPSA) is 35.6 Å². The molecule has 1 saturated heterocycles. The molecule has 0 aliphatic carbocycles. The fraction of sp³-hybridized carbons (Fsp3) is 0.611. The van der Waals surface area contributed by atoms with E-state index in [1.165, 1.54) is 5.56 Å². The highest BCUT2D eigenvalue weighted by Gasteiger charge is 2.20. The van der Waals surface area contributed by atoms with Crippen LogP contribution in [0.1, 0.15) is 32.3 Å². The Hall–Kier alpha value is -1.39. The lowest BCUT2D eigenvalue weighted by molar-refractivity contribution is -0.132. The quantitative estimate of drug-likeness (QED) is 0.838. The molecule has 1 amide bonds. The van der Waals surface area contributed by atoms with Gasteiger partial charge in [0.25, 0.3) is 0 Å². The van der Waals surface area contributed by atoms with Crippen LogP contribution in [-0.2, 0) is 11.3 Å². The van der Waals surface area contributed by atoms with Crippen molar-refractivity contribution in [3.05, 3.63) is 35.9 Å². The van der Waals surface area contributed by atoms with Gasteiger partial charge in [0.1, 0.15) is 0 Å². The van der Waals surface area contributed by atoms with Gasteiger partial charge in [0.2, 0.25) is 5.91 Å². The predicted octanol–water partition coefficient (Wildman–Crippen LogP) is 2.11. The van der Waals surface area contributed by atoms with Crippen molar-refractivity contribution in [2.24, 2.45) is 0 Å². The van der Waals surface area contributed by atoms with E-state index in [9.17, 15) is 4.79 Å². The second-order valence-corrected chi connectivity index (χ2v) is 6.16. The van der Waals surface area contributed by atoms with Crippen LogP contribution in [-0.4, -0.2) is 54.5 Å².